The van der Waals surface area contributed by atoms with Crippen molar-refractivity contribution in [1.82, 2.24) is 0 Å². The predicted molar refractivity (Wildman–Crippen MR) is 118 cm³/mol. The monoisotopic (exact) mass is 402 g/mol. The third kappa shape index (κ3) is 5.74. The Balaban J connectivity index is 1.89. The number of esters is 1. The summed E-state index contributed by atoms with van der Waals surface area (Å²) in [6.45, 7) is 4.18. The van der Waals surface area contributed by atoms with Crippen LogP contribution in [-0.4, -0.2) is 19.7 Å². The van der Waals surface area contributed by atoms with Gasteiger partial charge >= 0.3 is 5.97 Å². The van der Waals surface area contributed by atoms with E-state index in [1.165, 1.54) is 5.56 Å². The van der Waals surface area contributed by atoms with Crippen molar-refractivity contribution in [3.63, 3.8) is 0 Å². The normalized spacial score (nSPS) is 10.3. The van der Waals surface area contributed by atoms with E-state index in [2.05, 4.69) is 18.7 Å². The van der Waals surface area contributed by atoms with Crippen LogP contribution in [-0.2, 0) is 24.2 Å². The first-order valence-electron chi connectivity index (χ1n) is 9.91. The number of hydrogen-bond donors (Lipinski definition) is 0. The van der Waals surface area contributed by atoms with Crippen LogP contribution in [0.5, 0.6) is 11.5 Å². The van der Waals surface area contributed by atoms with Crippen molar-refractivity contribution >= 4 is 5.97 Å². The van der Waals surface area contributed by atoms with Crippen LogP contribution in [0.25, 0.3) is 0 Å². The molecule has 0 aliphatic carbocycles. The van der Waals surface area contributed by atoms with Crippen molar-refractivity contribution < 1.29 is 19.0 Å². The molecular formula is C26H26O4. The fourth-order valence-electron chi connectivity index (χ4n) is 3.17. The van der Waals surface area contributed by atoms with Gasteiger partial charge in [-0.15, -0.1) is 0 Å². The fourth-order valence-corrected chi connectivity index (χ4v) is 3.17. The summed E-state index contributed by atoms with van der Waals surface area (Å²) >= 11 is 0. The topological polar surface area (TPSA) is 44.8 Å². The second kappa shape index (κ2) is 10.9. The van der Waals surface area contributed by atoms with Crippen molar-refractivity contribution in [1.29, 1.82) is 0 Å². The quantitative estimate of drug-likeness (QED) is 0.336. The van der Waals surface area contributed by atoms with Gasteiger partial charge in [0, 0.05) is 6.07 Å². The number of hydrogen-bond acceptors (Lipinski definition) is 4. The number of rotatable bonds is 10. The van der Waals surface area contributed by atoms with E-state index in [0.29, 0.717) is 23.5 Å². The summed E-state index contributed by atoms with van der Waals surface area (Å²) in [6.07, 6.45) is 3.08. The fraction of sp³-hybridized carbons (Fsp3) is 0.192. The van der Waals surface area contributed by atoms with Gasteiger partial charge in [0.1, 0.15) is 30.3 Å². The molecule has 0 saturated carbocycles. The number of ether oxygens (including phenoxy) is 3. The molecule has 0 bridgehead atoms. The minimum atomic E-state index is -0.413. The molecule has 4 nitrogen and oxygen atoms in total. The summed E-state index contributed by atoms with van der Waals surface area (Å²) in [5, 5.41) is 0. The van der Waals surface area contributed by atoms with Crippen LogP contribution < -0.4 is 9.47 Å². The summed E-state index contributed by atoms with van der Waals surface area (Å²) < 4.78 is 16.8. The first kappa shape index (κ1) is 21.2. The highest BCUT2D eigenvalue weighted by atomic mass is 16.5. The molecule has 0 aromatic heterocycles. The molecule has 3 aromatic rings. The zero-order chi connectivity index (χ0) is 21.2. The summed E-state index contributed by atoms with van der Waals surface area (Å²) in [4.78, 5) is 13.1. The second-order valence-corrected chi connectivity index (χ2v) is 6.81. The highest BCUT2D eigenvalue weighted by molar-refractivity contribution is 5.94. The van der Waals surface area contributed by atoms with Crippen LogP contribution in [0.1, 0.15) is 27.0 Å². The molecular weight excluding hydrogens is 376 g/mol. The van der Waals surface area contributed by atoms with Crippen LogP contribution in [0.3, 0.4) is 0 Å². The smallest absolute Gasteiger partial charge is 0.342 e. The highest BCUT2D eigenvalue weighted by Gasteiger charge is 2.21. The Labute approximate surface area is 177 Å². The largest absolute Gasteiger partial charge is 0.497 e. The van der Waals surface area contributed by atoms with Crippen molar-refractivity contribution in [3.8, 4) is 11.5 Å². The lowest BCUT2D eigenvalue weighted by Crippen LogP contribution is -2.12. The van der Waals surface area contributed by atoms with Crippen LogP contribution in [0.4, 0.5) is 0 Å². The van der Waals surface area contributed by atoms with Crippen LogP contribution >= 0.6 is 0 Å². The maximum atomic E-state index is 13.1. The van der Waals surface area contributed by atoms with E-state index in [1.807, 2.05) is 54.6 Å². The maximum absolute atomic E-state index is 13.1. The molecule has 0 saturated heterocycles. The summed E-state index contributed by atoms with van der Waals surface area (Å²) in [7, 11) is 1.60. The van der Waals surface area contributed by atoms with Gasteiger partial charge in [-0.05, 0) is 35.6 Å². The van der Waals surface area contributed by atoms with Crippen molar-refractivity contribution in [3.05, 3.63) is 108 Å². The molecule has 0 N–H and O–H groups in total. The minimum Gasteiger partial charge on any atom is -0.497 e. The maximum Gasteiger partial charge on any atom is 0.342 e. The van der Waals surface area contributed by atoms with E-state index in [1.54, 1.807) is 19.3 Å². The lowest BCUT2D eigenvalue weighted by Gasteiger charge is -2.16. The summed E-state index contributed by atoms with van der Waals surface area (Å²) in [5.74, 6) is 0.663. The lowest BCUT2D eigenvalue weighted by molar-refractivity contribution is 0.0467. The summed E-state index contributed by atoms with van der Waals surface area (Å²) in [6, 6.07) is 23.4. The van der Waals surface area contributed by atoms with E-state index in [4.69, 9.17) is 14.2 Å². The Kier molecular flexibility index (Phi) is 7.67. The Morgan fingerprint density at radius 2 is 1.60 bits per heavy atom. The van der Waals surface area contributed by atoms with E-state index in [-0.39, 0.29) is 13.2 Å². The van der Waals surface area contributed by atoms with Gasteiger partial charge in [-0.25, -0.2) is 4.79 Å². The first-order chi connectivity index (χ1) is 14.7. The molecule has 154 valence electrons. The molecule has 3 rings (SSSR count). The van der Waals surface area contributed by atoms with Crippen LogP contribution in [0.15, 0.2) is 85.5 Å². The molecule has 0 fully saturated rings. The molecule has 0 unspecified atom stereocenters. The van der Waals surface area contributed by atoms with Crippen LogP contribution in [0.2, 0.25) is 0 Å². The average Bonchev–Trinajstić information content (AvgIpc) is 2.80. The van der Waals surface area contributed by atoms with Crippen molar-refractivity contribution in [2.75, 3.05) is 13.7 Å². The third-order valence-electron chi connectivity index (χ3n) is 4.69. The molecule has 4 heteroatoms. The Morgan fingerprint density at radius 3 is 2.23 bits per heavy atom. The van der Waals surface area contributed by atoms with Gasteiger partial charge in [-0.2, -0.15) is 0 Å². The molecule has 0 aliphatic heterocycles. The predicted octanol–water partition coefficient (Wildman–Crippen LogP) is 5.40. The van der Waals surface area contributed by atoms with E-state index in [9.17, 15) is 4.79 Å². The number of benzene rings is 3. The standard InChI is InChI=1S/C26H26O4/c1-3-16-29-24-18-23(28-2)17-22(15-14-20-10-6-4-7-11-20)25(24)26(27)30-19-21-12-8-5-9-13-21/h3-13,17-18H,1,14-16,19H2,2H3. The van der Waals surface area contributed by atoms with Crippen LogP contribution in [0, 0.1) is 0 Å². The number of methoxy groups -OCH3 is 1. The summed E-state index contributed by atoms with van der Waals surface area (Å²) in [5.41, 5.74) is 3.39. The van der Waals surface area contributed by atoms with Gasteiger partial charge < -0.3 is 14.2 Å². The van der Waals surface area contributed by atoms with Gasteiger partial charge in [0.25, 0.3) is 0 Å². The molecule has 0 aliphatic rings. The van der Waals surface area contributed by atoms with Gasteiger partial charge in [-0.1, -0.05) is 73.3 Å². The minimum absolute atomic E-state index is 0.199. The van der Waals surface area contributed by atoms with Gasteiger partial charge in [0.2, 0.25) is 0 Å². The Morgan fingerprint density at radius 1 is 0.933 bits per heavy atom. The zero-order valence-electron chi connectivity index (χ0n) is 17.2. The van der Waals surface area contributed by atoms with Gasteiger partial charge in [-0.3, -0.25) is 0 Å². The van der Waals surface area contributed by atoms with E-state index in [0.717, 1.165) is 17.5 Å². The van der Waals surface area contributed by atoms with E-state index < -0.39 is 5.97 Å². The third-order valence-corrected chi connectivity index (χ3v) is 4.69. The lowest BCUT2D eigenvalue weighted by atomic mass is 9.98. The zero-order valence-corrected chi connectivity index (χ0v) is 17.2. The molecule has 0 heterocycles. The number of aryl methyl sites for hydroxylation is 2. The molecule has 0 amide bonds. The van der Waals surface area contributed by atoms with Gasteiger partial charge in [0.15, 0.2) is 0 Å². The molecule has 0 radical (unpaired) electrons. The average molecular weight is 402 g/mol. The van der Waals surface area contributed by atoms with Gasteiger partial charge in [0.05, 0.1) is 7.11 Å². The first-order valence-corrected chi connectivity index (χ1v) is 9.91. The van der Waals surface area contributed by atoms with Crippen molar-refractivity contribution in [2.45, 2.75) is 19.4 Å². The van der Waals surface area contributed by atoms with E-state index >= 15 is 0 Å². The number of carbonyl (C=O) groups excluding carboxylic acids is 1. The molecule has 30 heavy (non-hydrogen) atoms. The SMILES string of the molecule is C=CCOc1cc(OC)cc(CCc2ccccc2)c1C(=O)OCc1ccccc1. The Bertz CT molecular complexity index is 965. The highest BCUT2D eigenvalue weighted by Crippen LogP contribution is 2.31. The van der Waals surface area contributed by atoms with Crippen molar-refractivity contribution in [2.24, 2.45) is 0 Å². The molecule has 3 aromatic carbocycles. The molecule has 0 atom stereocenters. The Hall–Kier alpha value is -3.53. The number of carbonyl (C=O) groups is 1. The molecule has 0 spiro atoms. The second-order valence-electron chi connectivity index (χ2n) is 6.81.